The van der Waals surface area contributed by atoms with Crippen molar-refractivity contribution in [2.24, 2.45) is 0 Å². The van der Waals surface area contributed by atoms with E-state index >= 15 is 0 Å². The van der Waals surface area contributed by atoms with Gasteiger partial charge >= 0.3 is 5.97 Å². The molecule has 0 aliphatic rings. The molecule has 0 saturated heterocycles. The van der Waals surface area contributed by atoms with Gasteiger partial charge in [-0.05, 0) is 32.0 Å². The normalized spacial score (nSPS) is 10.2. The predicted octanol–water partition coefficient (Wildman–Crippen LogP) is 1.69. The van der Waals surface area contributed by atoms with Gasteiger partial charge in [0.2, 0.25) is 0 Å². The number of aliphatic carboxylic acids is 1. The summed E-state index contributed by atoms with van der Waals surface area (Å²) in [6.45, 7) is 3.87. The first-order valence-electron chi connectivity index (χ1n) is 6.28. The van der Waals surface area contributed by atoms with Crippen molar-refractivity contribution in [3.63, 3.8) is 0 Å². The maximum absolute atomic E-state index is 11.8. The Hall–Kier alpha value is -2.24. The lowest BCUT2D eigenvalue weighted by Crippen LogP contribution is -2.26. The lowest BCUT2D eigenvalue weighted by Gasteiger charge is -2.14. The quantitative estimate of drug-likeness (QED) is 0.794. The number of rotatable bonds is 7. The fraction of sp³-hybridized carbons (Fsp3) is 0.429. The average Bonchev–Trinajstić information content (AvgIpc) is 2.37. The highest BCUT2D eigenvalue weighted by Gasteiger charge is 2.12. The predicted molar refractivity (Wildman–Crippen MR) is 73.3 cm³/mol. The van der Waals surface area contributed by atoms with Gasteiger partial charge in [-0.15, -0.1) is 0 Å². The van der Waals surface area contributed by atoms with Crippen LogP contribution in [0.4, 0.5) is 0 Å². The van der Waals surface area contributed by atoms with Crippen LogP contribution in [0.25, 0.3) is 0 Å². The van der Waals surface area contributed by atoms with Gasteiger partial charge in [0, 0.05) is 12.1 Å². The Labute approximate surface area is 117 Å². The molecule has 0 atom stereocenters. The average molecular weight is 281 g/mol. The molecule has 6 nitrogen and oxygen atoms in total. The fourth-order valence-electron chi connectivity index (χ4n) is 1.55. The van der Waals surface area contributed by atoms with Gasteiger partial charge in [0.1, 0.15) is 0 Å². The molecule has 1 amide bonds. The second-order valence-electron chi connectivity index (χ2n) is 4.43. The largest absolute Gasteiger partial charge is 0.493 e. The van der Waals surface area contributed by atoms with Crippen molar-refractivity contribution < 1.29 is 24.2 Å². The van der Waals surface area contributed by atoms with Crippen LogP contribution < -0.4 is 14.8 Å². The van der Waals surface area contributed by atoms with E-state index in [9.17, 15) is 9.59 Å². The third-order valence-corrected chi connectivity index (χ3v) is 2.41. The molecule has 20 heavy (non-hydrogen) atoms. The SMILES string of the molecule is COc1cc(C(=O)NCCC(=O)O)ccc1OC(C)C. The zero-order valence-corrected chi connectivity index (χ0v) is 11.8. The van der Waals surface area contributed by atoms with E-state index in [1.54, 1.807) is 18.2 Å². The molecule has 0 saturated carbocycles. The summed E-state index contributed by atoms with van der Waals surface area (Å²) in [7, 11) is 1.49. The van der Waals surface area contributed by atoms with Crippen LogP contribution in [-0.2, 0) is 4.79 Å². The van der Waals surface area contributed by atoms with Crippen LogP contribution in [0.3, 0.4) is 0 Å². The van der Waals surface area contributed by atoms with Crippen molar-refractivity contribution in [1.82, 2.24) is 5.32 Å². The Bertz CT molecular complexity index is 484. The van der Waals surface area contributed by atoms with E-state index in [2.05, 4.69) is 5.32 Å². The number of methoxy groups -OCH3 is 1. The van der Waals surface area contributed by atoms with Gasteiger partial charge < -0.3 is 19.9 Å². The minimum Gasteiger partial charge on any atom is -0.493 e. The summed E-state index contributed by atoms with van der Waals surface area (Å²) >= 11 is 0. The van der Waals surface area contributed by atoms with E-state index in [1.165, 1.54) is 7.11 Å². The minimum absolute atomic E-state index is 0.000793. The number of hydrogen-bond donors (Lipinski definition) is 2. The van der Waals surface area contributed by atoms with Crippen molar-refractivity contribution in [1.29, 1.82) is 0 Å². The Morgan fingerprint density at radius 1 is 1.30 bits per heavy atom. The molecule has 0 unspecified atom stereocenters. The number of carbonyl (C=O) groups is 2. The molecule has 0 aromatic heterocycles. The van der Waals surface area contributed by atoms with E-state index in [4.69, 9.17) is 14.6 Å². The zero-order chi connectivity index (χ0) is 15.1. The van der Waals surface area contributed by atoms with Crippen molar-refractivity contribution in [2.75, 3.05) is 13.7 Å². The van der Waals surface area contributed by atoms with Gasteiger partial charge in [-0.1, -0.05) is 0 Å². The third-order valence-electron chi connectivity index (χ3n) is 2.41. The second kappa shape index (κ2) is 7.37. The summed E-state index contributed by atoms with van der Waals surface area (Å²) < 4.78 is 10.7. The van der Waals surface area contributed by atoms with Crippen molar-refractivity contribution in [2.45, 2.75) is 26.4 Å². The molecule has 1 aromatic carbocycles. The highest BCUT2D eigenvalue weighted by molar-refractivity contribution is 5.95. The van der Waals surface area contributed by atoms with E-state index in [0.717, 1.165) is 0 Å². The summed E-state index contributed by atoms with van der Waals surface area (Å²) in [6.07, 6.45) is -0.114. The monoisotopic (exact) mass is 281 g/mol. The molecule has 110 valence electrons. The molecule has 0 aliphatic heterocycles. The summed E-state index contributed by atoms with van der Waals surface area (Å²) in [4.78, 5) is 22.2. The van der Waals surface area contributed by atoms with Gasteiger partial charge in [-0.3, -0.25) is 9.59 Å². The van der Waals surface area contributed by atoms with Crippen molar-refractivity contribution >= 4 is 11.9 Å². The number of carboxylic acid groups (broad SMARTS) is 1. The highest BCUT2D eigenvalue weighted by atomic mass is 16.5. The molecule has 0 spiro atoms. The highest BCUT2D eigenvalue weighted by Crippen LogP contribution is 2.28. The first kappa shape index (κ1) is 15.8. The maximum Gasteiger partial charge on any atom is 0.305 e. The standard InChI is InChI=1S/C14H19NO5/c1-9(2)20-11-5-4-10(8-12(11)19-3)14(18)15-7-6-13(16)17/h4-5,8-9H,6-7H2,1-3H3,(H,15,18)(H,16,17). The van der Waals surface area contributed by atoms with E-state index in [-0.39, 0.29) is 25.0 Å². The van der Waals surface area contributed by atoms with Crippen molar-refractivity contribution in [3.8, 4) is 11.5 Å². The Morgan fingerprint density at radius 3 is 2.55 bits per heavy atom. The Morgan fingerprint density at radius 2 is 2.00 bits per heavy atom. The first-order valence-corrected chi connectivity index (χ1v) is 6.28. The maximum atomic E-state index is 11.8. The summed E-state index contributed by atoms with van der Waals surface area (Å²) in [5.74, 6) is -0.279. The molecule has 1 aromatic rings. The van der Waals surface area contributed by atoms with Gasteiger partial charge in [0.25, 0.3) is 5.91 Å². The van der Waals surface area contributed by atoms with Crippen LogP contribution in [0, 0.1) is 0 Å². The Kier molecular flexibility index (Phi) is 5.83. The van der Waals surface area contributed by atoms with Gasteiger partial charge in [-0.25, -0.2) is 0 Å². The first-order chi connectivity index (χ1) is 9.43. The summed E-state index contributed by atoms with van der Waals surface area (Å²) in [5.41, 5.74) is 0.392. The van der Waals surface area contributed by atoms with Gasteiger partial charge in [0.05, 0.1) is 19.6 Å². The lowest BCUT2D eigenvalue weighted by atomic mass is 10.2. The number of carbonyl (C=O) groups excluding carboxylic acids is 1. The van der Waals surface area contributed by atoms with E-state index in [1.807, 2.05) is 13.8 Å². The molecular weight excluding hydrogens is 262 g/mol. The lowest BCUT2D eigenvalue weighted by molar-refractivity contribution is -0.136. The number of ether oxygens (including phenoxy) is 2. The third kappa shape index (κ3) is 4.79. The zero-order valence-electron chi connectivity index (χ0n) is 11.8. The van der Waals surface area contributed by atoms with Crippen LogP contribution >= 0.6 is 0 Å². The van der Waals surface area contributed by atoms with Gasteiger partial charge in [-0.2, -0.15) is 0 Å². The van der Waals surface area contributed by atoms with Gasteiger partial charge in [0.15, 0.2) is 11.5 Å². The molecule has 2 N–H and O–H groups in total. The molecule has 0 bridgehead atoms. The molecule has 0 radical (unpaired) electrons. The van der Waals surface area contributed by atoms with E-state index in [0.29, 0.717) is 17.1 Å². The molecule has 1 rings (SSSR count). The number of amides is 1. The fourth-order valence-corrected chi connectivity index (χ4v) is 1.55. The summed E-state index contributed by atoms with van der Waals surface area (Å²) in [6, 6.07) is 4.83. The second-order valence-corrected chi connectivity index (χ2v) is 4.43. The van der Waals surface area contributed by atoms with Crippen LogP contribution in [-0.4, -0.2) is 36.7 Å². The molecule has 0 fully saturated rings. The topological polar surface area (TPSA) is 84.9 Å². The van der Waals surface area contributed by atoms with Crippen molar-refractivity contribution in [3.05, 3.63) is 23.8 Å². The number of hydrogen-bond acceptors (Lipinski definition) is 4. The van der Waals surface area contributed by atoms with E-state index < -0.39 is 5.97 Å². The Balaban J connectivity index is 2.76. The van der Waals surface area contributed by atoms with Crippen LogP contribution in [0.5, 0.6) is 11.5 Å². The molecule has 0 heterocycles. The smallest absolute Gasteiger partial charge is 0.305 e. The summed E-state index contributed by atoms with van der Waals surface area (Å²) in [5, 5.41) is 11.0. The molecule has 6 heteroatoms. The molecular formula is C14H19NO5. The minimum atomic E-state index is -0.955. The number of carboxylic acids is 1. The van der Waals surface area contributed by atoms with Crippen LogP contribution in [0.2, 0.25) is 0 Å². The number of benzene rings is 1. The number of nitrogens with one attached hydrogen (secondary N) is 1. The van der Waals surface area contributed by atoms with Crippen LogP contribution in [0.15, 0.2) is 18.2 Å². The van der Waals surface area contributed by atoms with Crippen LogP contribution in [0.1, 0.15) is 30.6 Å². The molecule has 0 aliphatic carbocycles.